The zero-order chi connectivity index (χ0) is 16.3. The second-order valence-electron chi connectivity index (χ2n) is 4.69. The van der Waals surface area contributed by atoms with Crippen LogP contribution in [0.2, 0.25) is 5.02 Å². The van der Waals surface area contributed by atoms with Gasteiger partial charge in [0.1, 0.15) is 0 Å². The van der Waals surface area contributed by atoms with E-state index in [0.717, 1.165) is 11.4 Å². The molecule has 0 bridgehead atoms. The third-order valence-corrected chi connectivity index (χ3v) is 3.43. The summed E-state index contributed by atoms with van der Waals surface area (Å²) in [5.41, 5.74) is 2.55. The van der Waals surface area contributed by atoms with Crippen molar-refractivity contribution in [2.75, 3.05) is 19.0 Å². The molecule has 118 valence electrons. The Hall–Kier alpha value is -2.21. The molecule has 6 nitrogen and oxygen atoms in total. The second-order valence-corrected chi connectivity index (χ2v) is 5.09. The van der Waals surface area contributed by atoms with Crippen molar-refractivity contribution in [2.45, 2.75) is 20.8 Å². The predicted molar refractivity (Wildman–Crippen MR) is 85.2 cm³/mol. The molecule has 1 aromatic heterocycles. The highest BCUT2D eigenvalue weighted by Crippen LogP contribution is 2.36. The molecule has 2 rings (SSSR count). The summed E-state index contributed by atoms with van der Waals surface area (Å²) in [6, 6.07) is 3.14. The van der Waals surface area contributed by atoms with Crippen molar-refractivity contribution in [3.8, 4) is 11.5 Å². The highest BCUT2D eigenvalue weighted by atomic mass is 35.5. The van der Waals surface area contributed by atoms with E-state index in [9.17, 15) is 4.79 Å². The number of carbonyl (C=O) groups is 1. The Kier molecular flexibility index (Phi) is 4.92. The molecule has 1 amide bonds. The smallest absolute Gasteiger partial charge is 0.255 e. The first kappa shape index (κ1) is 16.2. The lowest BCUT2D eigenvalue weighted by Gasteiger charge is -2.13. The lowest BCUT2D eigenvalue weighted by Crippen LogP contribution is -2.13. The molecule has 1 heterocycles. The van der Waals surface area contributed by atoms with Crippen LogP contribution in [0, 0.1) is 13.8 Å². The lowest BCUT2D eigenvalue weighted by molar-refractivity contribution is 0.102. The number of benzene rings is 1. The number of hydrogen-bond donors (Lipinski definition) is 2. The molecule has 2 N–H and O–H groups in total. The van der Waals surface area contributed by atoms with Crippen molar-refractivity contribution in [1.29, 1.82) is 0 Å². The Balaban J connectivity index is 2.32. The first-order chi connectivity index (χ1) is 10.5. The van der Waals surface area contributed by atoms with Crippen molar-refractivity contribution in [2.24, 2.45) is 0 Å². The van der Waals surface area contributed by atoms with E-state index in [1.54, 1.807) is 12.1 Å². The number of nitrogens with zero attached hydrogens (tertiary/aromatic N) is 1. The summed E-state index contributed by atoms with van der Waals surface area (Å²) >= 11 is 6.18. The first-order valence-electron chi connectivity index (χ1n) is 6.81. The summed E-state index contributed by atoms with van der Waals surface area (Å²) in [4.78, 5) is 12.4. The van der Waals surface area contributed by atoms with Crippen molar-refractivity contribution in [3.05, 3.63) is 34.1 Å². The van der Waals surface area contributed by atoms with Crippen LogP contribution < -0.4 is 14.8 Å². The average molecular weight is 324 g/mol. The highest BCUT2D eigenvalue weighted by molar-refractivity contribution is 6.32. The summed E-state index contributed by atoms with van der Waals surface area (Å²) in [6.45, 7) is 5.95. The number of halogens is 1. The molecule has 0 saturated carbocycles. The van der Waals surface area contributed by atoms with Gasteiger partial charge in [0.15, 0.2) is 11.5 Å². The summed E-state index contributed by atoms with van der Waals surface area (Å²) in [7, 11) is 1.50. The third-order valence-electron chi connectivity index (χ3n) is 3.15. The fourth-order valence-corrected chi connectivity index (χ4v) is 2.32. The van der Waals surface area contributed by atoms with Gasteiger partial charge in [-0.3, -0.25) is 9.89 Å². The van der Waals surface area contributed by atoms with E-state index in [2.05, 4.69) is 15.5 Å². The maximum absolute atomic E-state index is 12.4. The number of H-pyrrole nitrogens is 1. The van der Waals surface area contributed by atoms with E-state index in [0.29, 0.717) is 34.4 Å². The maximum atomic E-state index is 12.4. The minimum atomic E-state index is -0.296. The van der Waals surface area contributed by atoms with Gasteiger partial charge in [-0.1, -0.05) is 11.6 Å². The minimum Gasteiger partial charge on any atom is -0.493 e. The summed E-state index contributed by atoms with van der Waals surface area (Å²) in [5, 5.41) is 10.0. The molecule has 0 aliphatic heterocycles. The standard InChI is InChI=1S/C15H18ClN3O3/c1-5-22-14-11(16)6-10(7-12(14)21-4)15(20)17-13-8(2)18-19-9(13)3/h6-7H,5H2,1-4H3,(H,17,20)(H,18,19). The van der Waals surface area contributed by atoms with Gasteiger partial charge in [0.05, 0.1) is 35.8 Å². The first-order valence-corrected chi connectivity index (χ1v) is 7.19. The van der Waals surface area contributed by atoms with Crippen LogP contribution >= 0.6 is 11.6 Å². The number of amides is 1. The largest absolute Gasteiger partial charge is 0.493 e. The fraction of sp³-hybridized carbons (Fsp3) is 0.333. The monoisotopic (exact) mass is 323 g/mol. The van der Waals surface area contributed by atoms with Gasteiger partial charge in [-0.15, -0.1) is 0 Å². The highest BCUT2D eigenvalue weighted by Gasteiger charge is 2.17. The number of aromatic amines is 1. The van der Waals surface area contributed by atoms with E-state index in [-0.39, 0.29) is 5.91 Å². The zero-order valence-electron chi connectivity index (χ0n) is 12.9. The lowest BCUT2D eigenvalue weighted by atomic mass is 10.1. The van der Waals surface area contributed by atoms with Gasteiger partial charge >= 0.3 is 0 Å². The van der Waals surface area contributed by atoms with E-state index in [4.69, 9.17) is 21.1 Å². The number of nitrogens with one attached hydrogen (secondary N) is 2. The van der Waals surface area contributed by atoms with Gasteiger partial charge in [-0.05, 0) is 32.9 Å². The van der Waals surface area contributed by atoms with Crippen molar-refractivity contribution >= 4 is 23.2 Å². The van der Waals surface area contributed by atoms with Gasteiger partial charge in [0, 0.05) is 5.56 Å². The average Bonchev–Trinajstić information content (AvgIpc) is 2.81. The van der Waals surface area contributed by atoms with Crippen molar-refractivity contribution in [3.63, 3.8) is 0 Å². The Bertz CT molecular complexity index is 678. The van der Waals surface area contributed by atoms with Crippen LogP contribution in [0.3, 0.4) is 0 Å². The molecular weight excluding hydrogens is 306 g/mol. The molecule has 2 aromatic rings. The molecular formula is C15H18ClN3O3. The molecule has 0 atom stereocenters. The molecule has 0 fully saturated rings. The Morgan fingerprint density at radius 2 is 2.14 bits per heavy atom. The zero-order valence-corrected chi connectivity index (χ0v) is 13.7. The molecule has 0 spiro atoms. The van der Waals surface area contributed by atoms with Crippen LogP contribution in [0.15, 0.2) is 12.1 Å². The number of aromatic nitrogens is 2. The van der Waals surface area contributed by atoms with Gasteiger partial charge in [0.25, 0.3) is 5.91 Å². The van der Waals surface area contributed by atoms with E-state index < -0.39 is 0 Å². The molecule has 0 aliphatic rings. The molecule has 22 heavy (non-hydrogen) atoms. The van der Waals surface area contributed by atoms with Gasteiger partial charge in [-0.25, -0.2) is 0 Å². The Labute approximate surface area is 133 Å². The molecule has 0 unspecified atom stereocenters. The third kappa shape index (κ3) is 3.17. The Morgan fingerprint density at radius 3 is 2.68 bits per heavy atom. The number of carbonyl (C=O) groups excluding carboxylic acids is 1. The topological polar surface area (TPSA) is 76.2 Å². The van der Waals surface area contributed by atoms with E-state index in [1.807, 2.05) is 20.8 Å². The summed E-state index contributed by atoms with van der Waals surface area (Å²) in [5.74, 6) is 0.551. The van der Waals surface area contributed by atoms with Crippen LogP contribution in [0.1, 0.15) is 28.7 Å². The number of methoxy groups -OCH3 is 1. The molecule has 0 radical (unpaired) electrons. The normalized spacial score (nSPS) is 10.4. The van der Waals surface area contributed by atoms with Crippen LogP contribution in [-0.4, -0.2) is 29.8 Å². The van der Waals surface area contributed by atoms with Gasteiger partial charge in [-0.2, -0.15) is 5.10 Å². The van der Waals surface area contributed by atoms with E-state index >= 15 is 0 Å². The minimum absolute atomic E-state index is 0.296. The predicted octanol–water partition coefficient (Wildman–Crippen LogP) is 3.34. The van der Waals surface area contributed by atoms with Crippen LogP contribution in [-0.2, 0) is 0 Å². The van der Waals surface area contributed by atoms with Crippen molar-refractivity contribution in [1.82, 2.24) is 10.2 Å². The van der Waals surface area contributed by atoms with E-state index in [1.165, 1.54) is 7.11 Å². The van der Waals surface area contributed by atoms with Crippen LogP contribution in [0.4, 0.5) is 5.69 Å². The summed E-state index contributed by atoms with van der Waals surface area (Å²) in [6.07, 6.45) is 0. The molecule has 0 aliphatic carbocycles. The van der Waals surface area contributed by atoms with Crippen LogP contribution in [0.25, 0.3) is 0 Å². The number of rotatable bonds is 5. The Morgan fingerprint density at radius 1 is 1.41 bits per heavy atom. The molecule has 1 aromatic carbocycles. The van der Waals surface area contributed by atoms with Crippen LogP contribution in [0.5, 0.6) is 11.5 Å². The van der Waals surface area contributed by atoms with Gasteiger partial charge < -0.3 is 14.8 Å². The molecule has 7 heteroatoms. The quantitative estimate of drug-likeness (QED) is 0.884. The maximum Gasteiger partial charge on any atom is 0.255 e. The van der Waals surface area contributed by atoms with Crippen molar-refractivity contribution < 1.29 is 14.3 Å². The fourth-order valence-electron chi connectivity index (χ4n) is 2.06. The number of anilines is 1. The molecule has 0 saturated heterocycles. The second kappa shape index (κ2) is 6.70. The number of ether oxygens (including phenoxy) is 2. The SMILES string of the molecule is CCOc1c(Cl)cc(C(=O)Nc2c(C)n[nH]c2C)cc1OC. The number of hydrogen-bond acceptors (Lipinski definition) is 4. The summed E-state index contributed by atoms with van der Waals surface area (Å²) < 4.78 is 10.7. The number of aryl methyl sites for hydroxylation is 2. The van der Waals surface area contributed by atoms with Gasteiger partial charge in [0.2, 0.25) is 0 Å².